The van der Waals surface area contributed by atoms with E-state index in [1.807, 2.05) is 37.3 Å². The number of nitrogens with two attached hydrogens (primary N) is 1. The Morgan fingerprint density at radius 2 is 1.81 bits per heavy atom. The van der Waals surface area contributed by atoms with Crippen LogP contribution in [0.15, 0.2) is 69.1 Å². The van der Waals surface area contributed by atoms with E-state index in [1.54, 1.807) is 12.1 Å². The maximum absolute atomic E-state index is 13.1. The van der Waals surface area contributed by atoms with Gasteiger partial charge >= 0.3 is 5.69 Å². The summed E-state index contributed by atoms with van der Waals surface area (Å²) in [5.74, 6) is -0.727. The van der Waals surface area contributed by atoms with Crippen LogP contribution in [0.1, 0.15) is 18.9 Å². The number of halogens is 1. The fourth-order valence-electron chi connectivity index (χ4n) is 3.10. The molecule has 0 unspecified atom stereocenters. The number of nitrogen functional groups attached to an aromatic ring is 1. The van der Waals surface area contributed by atoms with Crippen LogP contribution in [0, 0.1) is 5.82 Å². The van der Waals surface area contributed by atoms with Gasteiger partial charge in [-0.05, 0) is 36.2 Å². The van der Waals surface area contributed by atoms with E-state index in [1.165, 1.54) is 33.4 Å². The smallest absolute Gasteiger partial charge is 0.330 e. The first kappa shape index (κ1) is 22.4. The minimum atomic E-state index is -0.708. The Hall–Kier alpha value is -3.33. The van der Waals surface area contributed by atoms with Crippen LogP contribution in [0.25, 0.3) is 0 Å². The number of aromatic amines is 1. The molecule has 3 N–H and O–H groups in total. The number of H-pyrrole nitrogens is 1. The molecular weight excluding hydrogens is 419 g/mol. The first-order chi connectivity index (χ1) is 14.9. The molecule has 1 aromatic heterocycles. The summed E-state index contributed by atoms with van der Waals surface area (Å²) in [7, 11) is 0. The molecule has 0 radical (unpaired) electrons. The van der Waals surface area contributed by atoms with E-state index in [2.05, 4.69) is 4.98 Å². The maximum Gasteiger partial charge on any atom is 0.330 e. The van der Waals surface area contributed by atoms with Crippen molar-refractivity contribution in [3.63, 3.8) is 0 Å². The number of nitrogens with zero attached hydrogens (tertiary/aromatic N) is 2. The highest BCUT2D eigenvalue weighted by atomic mass is 32.2. The van der Waals surface area contributed by atoms with Crippen molar-refractivity contribution < 1.29 is 9.18 Å². The van der Waals surface area contributed by atoms with Crippen LogP contribution in [-0.2, 0) is 11.3 Å². The summed E-state index contributed by atoms with van der Waals surface area (Å²) in [5.41, 5.74) is 5.67. The molecule has 1 heterocycles. The summed E-state index contributed by atoms with van der Waals surface area (Å²) in [6.07, 6.45) is 0.587. The highest BCUT2D eigenvalue weighted by Gasteiger charge is 2.23. The minimum Gasteiger partial charge on any atom is -0.383 e. The average Bonchev–Trinajstić information content (AvgIpc) is 2.76. The fraction of sp³-hybridized carbons (Fsp3) is 0.227. The standard InChI is InChI=1S/C22H23FN4O3S/c1-2-12-26(18(28)14-31-17-10-8-16(23)9-11-17)19-20(24)27(22(30)25-21(19)29)13-15-6-4-3-5-7-15/h3-11H,2,12-14,24H2,1H3,(H,25,29,30). The highest BCUT2D eigenvalue weighted by molar-refractivity contribution is 8.00. The number of carbonyl (C=O) groups excluding carboxylic acids is 1. The Bertz CT molecular complexity index is 1160. The van der Waals surface area contributed by atoms with Gasteiger partial charge in [0.2, 0.25) is 5.91 Å². The number of hydrogen-bond acceptors (Lipinski definition) is 5. The van der Waals surface area contributed by atoms with E-state index in [0.29, 0.717) is 6.42 Å². The molecule has 7 nitrogen and oxygen atoms in total. The van der Waals surface area contributed by atoms with E-state index in [9.17, 15) is 18.8 Å². The third-order valence-corrected chi connectivity index (χ3v) is 5.59. The lowest BCUT2D eigenvalue weighted by Gasteiger charge is -2.24. The molecule has 0 spiro atoms. The van der Waals surface area contributed by atoms with Crippen molar-refractivity contribution in [1.82, 2.24) is 9.55 Å². The van der Waals surface area contributed by atoms with Crippen molar-refractivity contribution in [2.24, 2.45) is 0 Å². The number of hydrogen-bond donors (Lipinski definition) is 2. The summed E-state index contributed by atoms with van der Waals surface area (Å²) in [5, 5.41) is 0. The van der Waals surface area contributed by atoms with Crippen molar-refractivity contribution in [3.05, 3.63) is 86.8 Å². The lowest BCUT2D eigenvalue weighted by Crippen LogP contribution is -2.42. The van der Waals surface area contributed by atoms with Crippen LogP contribution in [0.5, 0.6) is 0 Å². The SMILES string of the molecule is CCCN(C(=O)CSc1ccc(F)cc1)c1c(N)n(Cc2ccccc2)c(=O)[nH]c1=O. The van der Waals surface area contributed by atoms with E-state index in [4.69, 9.17) is 5.73 Å². The molecule has 0 aliphatic carbocycles. The second-order valence-electron chi connectivity index (χ2n) is 6.85. The van der Waals surface area contributed by atoms with Gasteiger partial charge in [-0.25, -0.2) is 9.18 Å². The molecule has 3 rings (SSSR count). The highest BCUT2D eigenvalue weighted by Crippen LogP contribution is 2.22. The molecule has 0 fully saturated rings. The molecule has 31 heavy (non-hydrogen) atoms. The van der Waals surface area contributed by atoms with Crippen LogP contribution < -0.4 is 21.9 Å². The summed E-state index contributed by atoms with van der Waals surface area (Å²) in [4.78, 5) is 42.3. The van der Waals surface area contributed by atoms with E-state index in [0.717, 1.165) is 10.5 Å². The van der Waals surface area contributed by atoms with E-state index >= 15 is 0 Å². The Morgan fingerprint density at radius 3 is 2.45 bits per heavy atom. The average molecular weight is 443 g/mol. The zero-order valence-electron chi connectivity index (χ0n) is 17.0. The normalized spacial score (nSPS) is 10.8. The number of anilines is 2. The van der Waals surface area contributed by atoms with Gasteiger partial charge in [0, 0.05) is 11.4 Å². The Morgan fingerprint density at radius 1 is 1.13 bits per heavy atom. The molecule has 0 aliphatic heterocycles. The van der Waals surface area contributed by atoms with Crippen molar-refractivity contribution in [2.45, 2.75) is 24.8 Å². The third-order valence-electron chi connectivity index (χ3n) is 4.59. The summed E-state index contributed by atoms with van der Waals surface area (Å²) in [6, 6.07) is 15.0. The second kappa shape index (κ2) is 10.1. The largest absolute Gasteiger partial charge is 0.383 e. The number of nitrogens with one attached hydrogen (secondary N) is 1. The number of amides is 1. The molecule has 1 amide bonds. The third kappa shape index (κ3) is 5.43. The molecule has 0 atom stereocenters. The number of carbonyl (C=O) groups is 1. The van der Waals surface area contributed by atoms with Gasteiger partial charge in [0.1, 0.15) is 11.6 Å². The van der Waals surface area contributed by atoms with Crippen LogP contribution in [0.4, 0.5) is 15.9 Å². The van der Waals surface area contributed by atoms with E-state index < -0.39 is 11.2 Å². The summed E-state index contributed by atoms with van der Waals surface area (Å²) >= 11 is 1.23. The van der Waals surface area contributed by atoms with Crippen molar-refractivity contribution in [3.8, 4) is 0 Å². The first-order valence-electron chi connectivity index (χ1n) is 9.76. The molecule has 0 aliphatic rings. The Labute approximate surface area is 182 Å². The molecule has 162 valence electrons. The van der Waals surface area contributed by atoms with Crippen molar-refractivity contribution >= 4 is 29.2 Å². The fourth-order valence-corrected chi connectivity index (χ4v) is 3.87. The van der Waals surface area contributed by atoms with Crippen molar-refractivity contribution in [1.29, 1.82) is 0 Å². The number of rotatable bonds is 8. The van der Waals surface area contributed by atoms with Gasteiger partial charge in [-0.1, -0.05) is 37.3 Å². The lowest BCUT2D eigenvalue weighted by molar-refractivity contribution is -0.116. The van der Waals surface area contributed by atoms with Gasteiger partial charge in [-0.2, -0.15) is 0 Å². The minimum absolute atomic E-state index is 0.0301. The van der Waals surface area contributed by atoms with Gasteiger partial charge < -0.3 is 10.6 Å². The van der Waals surface area contributed by atoms with Gasteiger partial charge in [-0.15, -0.1) is 11.8 Å². The zero-order chi connectivity index (χ0) is 22.4. The van der Waals surface area contributed by atoms with Crippen LogP contribution in [-0.4, -0.2) is 27.8 Å². The summed E-state index contributed by atoms with van der Waals surface area (Å²) < 4.78 is 14.3. The van der Waals surface area contributed by atoms with E-state index in [-0.39, 0.29) is 42.1 Å². The van der Waals surface area contributed by atoms with Crippen LogP contribution in [0.3, 0.4) is 0 Å². The molecule has 0 saturated heterocycles. The summed E-state index contributed by atoms with van der Waals surface area (Å²) in [6.45, 7) is 2.30. The maximum atomic E-state index is 13.1. The quantitative estimate of drug-likeness (QED) is 0.523. The second-order valence-corrected chi connectivity index (χ2v) is 7.90. The predicted molar refractivity (Wildman–Crippen MR) is 121 cm³/mol. The van der Waals surface area contributed by atoms with Gasteiger partial charge in [0.15, 0.2) is 5.69 Å². The van der Waals surface area contributed by atoms with Gasteiger partial charge in [-0.3, -0.25) is 19.1 Å². The predicted octanol–water partition coefficient (Wildman–Crippen LogP) is 2.84. The van der Waals surface area contributed by atoms with Crippen LogP contribution in [0.2, 0.25) is 0 Å². The van der Waals surface area contributed by atoms with Crippen molar-refractivity contribution in [2.75, 3.05) is 22.9 Å². The number of aromatic nitrogens is 2. The zero-order valence-corrected chi connectivity index (χ0v) is 17.8. The lowest BCUT2D eigenvalue weighted by atomic mass is 10.2. The molecular formula is C22H23FN4O3S. The molecule has 2 aromatic carbocycles. The molecule has 3 aromatic rings. The van der Waals surface area contributed by atoms with Crippen LogP contribution >= 0.6 is 11.8 Å². The van der Waals surface area contributed by atoms with Gasteiger partial charge in [0.25, 0.3) is 5.56 Å². The Balaban J connectivity index is 1.91. The topological polar surface area (TPSA) is 101 Å². The number of benzene rings is 2. The molecule has 0 saturated carbocycles. The number of thioether (sulfide) groups is 1. The molecule has 0 bridgehead atoms. The van der Waals surface area contributed by atoms with Gasteiger partial charge in [0.05, 0.1) is 12.3 Å². The monoisotopic (exact) mass is 442 g/mol. The first-order valence-corrected chi connectivity index (χ1v) is 10.7. The molecule has 9 heteroatoms. The Kier molecular flexibility index (Phi) is 7.30.